The Balaban J connectivity index is 1.91. The van der Waals surface area contributed by atoms with Gasteiger partial charge in [-0.05, 0) is 50.9 Å². The van der Waals surface area contributed by atoms with Crippen molar-refractivity contribution < 1.29 is 9.13 Å². The maximum atomic E-state index is 13.0. The average Bonchev–Trinajstić information content (AvgIpc) is 2.47. The zero-order valence-electron chi connectivity index (χ0n) is 12.4. The van der Waals surface area contributed by atoms with Crippen LogP contribution in [-0.2, 0) is 4.74 Å². The molecule has 0 spiro atoms. The second-order valence-electron chi connectivity index (χ2n) is 5.75. The molecule has 0 radical (unpaired) electrons. The summed E-state index contributed by atoms with van der Waals surface area (Å²) in [5.74, 6) is -0.224. The van der Waals surface area contributed by atoms with Crippen LogP contribution in [-0.4, -0.2) is 37.2 Å². The highest BCUT2D eigenvalue weighted by Gasteiger charge is 2.23. The van der Waals surface area contributed by atoms with E-state index < -0.39 is 0 Å². The second-order valence-corrected chi connectivity index (χ2v) is 5.75. The summed E-state index contributed by atoms with van der Waals surface area (Å²) in [5, 5.41) is 0. The van der Waals surface area contributed by atoms with Crippen molar-refractivity contribution >= 4 is 0 Å². The zero-order valence-corrected chi connectivity index (χ0v) is 12.4. The summed E-state index contributed by atoms with van der Waals surface area (Å²) < 4.78 is 18.7. The fraction of sp³-hybridized carbons (Fsp3) is 0.625. The number of hydrogen-bond donors (Lipinski definition) is 1. The van der Waals surface area contributed by atoms with Crippen LogP contribution in [0.1, 0.15) is 37.8 Å². The molecule has 3 unspecified atom stereocenters. The third-order valence-electron chi connectivity index (χ3n) is 4.24. The Morgan fingerprint density at radius 2 is 2.05 bits per heavy atom. The molecular weight excluding hydrogens is 255 g/mol. The molecule has 3 atom stereocenters. The number of likely N-dealkylation sites (N-methyl/N-ethyl adjacent to an activating group) is 1. The average molecular weight is 280 g/mol. The van der Waals surface area contributed by atoms with Crippen molar-refractivity contribution in [3.63, 3.8) is 0 Å². The summed E-state index contributed by atoms with van der Waals surface area (Å²) in [6.45, 7) is 3.88. The summed E-state index contributed by atoms with van der Waals surface area (Å²) in [7, 11) is 2.08. The Labute approximate surface area is 120 Å². The molecule has 112 valence electrons. The minimum atomic E-state index is -0.224. The predicted octanol–water partition coefficient (Wildman–Crippen LogP) is 2.71. The number of nitrogens with zero attached hydrogens (tertiary/aromatic N) is 1. The fourth-order valence-corrected chi connectivity index (χ4v) is 2.68. The molecule has 1 aromatic carbocycles. The van der Waals surface area contributed by atoms with Gasteiger partial charge in [-0.2, -0.15) is 0 Å². The van der Waals surface area contributed by atoms with Gasteiger partial charge in [-0.1, -0.05) is 12.1 Å². The maximum Gasteiger partial charge on any atom is 0.123 e. The zero-order chi connectivity index (χ0) is 14.5. The Morgan fingerprint density at radius 1 is 1.35 bits per heavy atom. The van der Waals surface area contributed by atoms with Crippen LogP contribution in [0.3, 0.4) is 0 Å². The normalized spacial score (nSPS) is 22.8. The van der Waals surface area contributed by atoms with Crippen molar-refractivity contribution in [1.29, 1.82) is 0 Å². The van der Waals surface area contributed by atoms with Gasteiger partial charge in [-0.15, -0.1) is 0 Å². The molecule has 1 saturated heterocycles. The molecule has 0 aromatic heterocycles. The Hall–Kier alpha value is -0.970. The molecule has 4 heteroatoms. The van der Waals surface area contributed by atoms with Gasteiger partial charge in [-0.25, -0.2) is 4.39 Å². The summed E-state index contributed by atoms with van der Waals surface area (Å²) in [6, 6.07) is 6.52. The van der Waals surface area contributed by atoms with Crippen molar-refractivity contribution in [2.45, 2.75) is 44.4 Å². The SMILES string of the molecule is CC(C(N)c1ccc(F)cc1)N(C)CC1CCCCO1. The molecule has 1 aliphatic rings. The van der Waals surface area contributed by atoms with Crippen LogP contribution in [0.5, 0.6) is 0 Å². The van der Waals surface area contributed by atoms with E-state index in [4.69, 9.17) is 10.5 Å². The lowest BCUT2D eigenvalue weighted by Crippen LogP contribution is -2.43. The quantitative estimate of drug-likeness (QED) is 0.901. The first-order valence-corrected chi connectivity index (χ1v) is 7.41. The van der Waals surface area contributed by atoms with Gasteiger partial charge in [-0.3, -0.25) is 4.90 Å². The topological polar surface area (TPSA) is 38.5 Å². The molecule has 2 N–H and O–H groups in total. The third-order valence-corrected chi connectivity index (χ3v) is 4.24. The highest BCUT2D eigenvalue weighted by atomic mass is 19.1. The minimum Gasteiger partial charge on any atom is -0.377 e. The first-order chi connectivity index (χ1) is 9.58. The van der Waals surface area contributed by atoms with Gasteiger partial charge < -0.3 is 10.5 Å². The lowest BCUT2D eigenvalue weighted by molar-refractivity contribution is -0.00867. The molecular formula is C16H25FN2O. The lowest BCUT2D eigenvalue weighted by Gasteiger charge is -2.34. The van der Waals surface area contributed by atoms with Gasteiger partial charge in [0.1, 0.15) is 5.82 Å². The van der Waals surface area contributed by atoms with E-state index >= 15 is 0 Å². The molecule has 1 aliphatic heterocycles. The molecule has 0 saturated carbocycles. The molecule has 0 aliphatic carbocycles. The number of nitrogens with two attached hydrogens (primary N) is 1. The fourth-order valence-electron chi connectivity index (χ4n) is 2.68. The first kappa shape index (κ1) is 15.4. The number of rotatable bonds is 5. The monoisotopic (exact) mass is 280 g/mol. The highest BCUT2D eigenvalue weighted by Crippen LogP contribution is 2.20. The van der Waals surface area contributed by atoms with Crippen LogP contribution in [0.4, 0.5) is 4.39 Å². The lowest BCUT2D eigenvalue weighted by atomic mass is 9.99. The first-order valence-electron chi connectivity index (χ1n) is 7.41. The standard InChI is InChI=1S/C16H25FN2O/c1-12(16(18)13-6-8-14(17)9-7-13)19(2)11-15-5-3-4-10-20-15/h6-9,12,15-16H,3-5,10-11,18H2,1-2H3. The minimum absolute atomic E-state index is 0.121. The van der Waals surface area contributed by atoms with E-state index in [9.17, 15) is 4.39 Å². The summed E-state index contributed by atoms with van der Waals surface area (Å²) in [4.78, 5) is 2.24. The van der Waals surface area contributed by atoms with Crippen molar-refractivity contribution in [1.82, 2.24) is 4.90 Å². The molecule has 3 nitrogen and oxygen atoms in total. The van der Waals surface area contributed by atoms with Crippen molar-refractivity contribution in [3.05, 3.63) is 35.6 Å². The molecule has 1 fully saturated rings. The molecule has 0 amide bonds. The van der Waals surface area contributed by atoms with Crippen LogP contribution < -0.4 is 5.73 Å². The Kier molecular flexibility index (Phi) is 5.52. The van der Waals surface area contributed by atoms with Crippen molar-refractivity contribution in [3.8, 4) is 0 Å². The van der Waals surface area contributed by atoms with Crippen LogP contribution in [0.2, 0.25) is 0 Å². The van der Waals surface area contributed by atoms with Crippen LogP contribution in [0, 0.1) is 5.82 Å². The third kappa shape index (κ3) is 4.01. The summed E-state index contributed by atoms with van der Waals surface area (Å²) >= 11 is 0. The van der Waals surface area contributed by atoms with Gasteiger partial charge in [0.25, 0.3) is 0 Å². The van der Waals surface area contributed by atoms with Gasteiger partial charge in [0.15, 0.2) is 0 Å². The van der Waals surface area contributed by atoms with Crippen LogP contribution in [0.25, 0.3) is 0 Å². The van der Waals surface area contributed by atoms with E-state index in [1.165, 1.54) is 25.0 Å². The van der Waals surface area contributed by atoms with Crippen LogP contribution in [0.15, 0.2) is 24.3 Å². The summed E-state index contributed by atoms with van der Waals surface area (Å²) in [5.41, 5.74) is 7.26. The largest absolute Gasteiger partial charge is 0.377 e. The van der Waals surface area contributed by atoms with Gasteiger partial charge in [0.05, 0.1) is 6.10 Å². The van der Waals surface area contributed by atoms with E-state index in [2.05, 4.69) is 18.9 Å². The molecule has 1 heterocycles. The van der Waals surface area contributed by atoms with Crippen LogP contribution >= 0.6 is 0 Å². The second kappa shape index (κ2) is 7.16. The van der Waals surface area contributed by atoms with Gasteiger partial charge in [0.2, 0.25) is 0 Å². The van der Waals surface area contributed by atoms with E-state index in [1.54, 1.807) is 12.1 Å². The molecule has 1 aromatic rings. The smallest absolute Gasteiger partial charge is 0.123 e. The van der Waals surface area contributed by atoms with Crippen molar-refractivity contribution in [2.24, 2.45) is 5.73 Å². The number of halogens is 1. The predicted molar refractivity (Wildman–Crippen MR) is 79.0 cm³/mol. The summed E-state index contributed by atoms with van der Waals surface area (Å²) in [6.07, 6.45) is 3.86. The molecule has 0 bridgehead atoms. The van der Waals surface area contributed by atoms with Gasteiger partial charge >= 0.3 is 0 Å². The van der Waals surface area contributed by atoms with Crippen molar-refractivity contribution in [2.75, 3.05) is 20.2 Å². The highest BCUT2D eigenvalue weighted by molar-refractivity contribution is 5.20. The number of hydrogen-bond acceptors (Lipinski definition) is 3. The van der Waals surface area contributed by atoms with E-state index in [1.807, 2.05) is 0 Å². The Morgan fingerprint density at radius 3 is 2.65 bits per heavy atom. The molecule has 20 heavy (non-hydrogen) atoms. The van der Waals surface area contributed by atoms with E-state index in [0.717, 1.165) is 25.1 Å². The van der Waals surface area contributed by atoms with E-state index in [-0.39, 0.29) is 17.9 Å². The van der Waals surface area contributed by atoms with E-state index in [0.29, 0.717) is 6.10 Å². The number of benzene rings is 1. The number of ether oxygens (including phenoxy) is 1. The maximum absolute atomic E-state index is 13.0. The Bertz CT molecular complexity index is 403. The van der Waals surface area contributed by atoms with Gasteiger partial charge in [0, 0.05) is 25.2 Å². The molecule has 2 rings (SSSR count).